The van der Waals surface area contributed by atoms with Gasteiger partial charge in [-0.3, -0.25) is 9.69 Å². The van der Waals surface area contributed by atoms with Crippen molar-refractivity contribution in [3.8, 4) is 5.75 Å². The van der Waals surface area contributed by atoms with Gasteiger partial charge in [0.05, 0.1) is 33.4 Å². The normalized spacial score (nSPS) is 16.0. The molecule has 2 aromatic rings. The zero-order chi connectivity index (χ0) is 28.7. The minimum atomic E-state index is -0.558. The van der Waals surface area contributed by atoms with Crippen LogP contribution in [0, 0.1) is 11.3 Å². The molecule has 0 unspecified atom stereocenters. The van der Waals surface area contributed by atoms with Gasteiger partial charge in [-0.25, -0.2) is 4.99 Å². The number of ether oxygens (including phenoxy) is 3. The van der Waals surface area contributed by atoms with Crippen molar-refractivity contribution in [3.63, 3.8) is 0 Å². The first-order valence-corrected chi connectivity index (χ1v) is 15.0. The summed E-state index contributed by atoms with van der Waals surface area (Å²) in [6, 6.07) is 11.9. The van der Waals surface area contributed by atoms with Crippen molar-refractivity contribution >= 4 is 46.4 Å². The summed E-state index contributed by atoms with van der Waals surface area (Å²) in [5.74, 6) is 1.30. The molecule has 2 aromatic carbocycles. The summed E-state index contributed by atoms with van der Waals surface area (Å²) in [6.45, 7) is 13.3. The van der Waals surface area contributed by atoms with Crippen LogP contribution < -0.4 is 9.64 Å². The number of fused-ring (bicyclic) bond motifs is 1. The lowest BCUT2D eigenvalue weighted by Crippen LogP contribution is -2.46. The number of esters is 1. The number of unbranched alkanes of at least 4 members (excludes halogenated alkanes) is 1. The number of aliphatic imine (C=N–C) groups is 1. The molecule has 4 rings (SSSR count). The summed E-state index contributed by atoms with van der Waals surface area (Å²) < 4.78 is 17.1. The van der Waals surface area contributed by atoms with E-state index in [2.05, 4.69) is 20.9 Å². The minimum absolute atomic E-state index is 0.122. The van der Waals surface area contributed by atoms with Crippen molar-refractivity contribution in [3.05, 3.63) is 52.0 Å². The molecule has 0 amide bonds. The van der Waals surface area contributed by atoms with Crippen molar-refractivity contribution in [1.29, 1.82) is 0 Å². The average Bonchev–Trinajstić information content (AvgIpc) is 2.94. The van der Waals surface area contributed by atoms with Crippen LogP contribution in [0.4, 0.5) is 11.4 Å². The second-order valence-corrected chi connectivity index (χ2v) is 12.1. The third-order valence-corrected chi connectivity index (χ3v) is 8.89. The molecule has 0 aromatic heterocycles. The SMILES string of the molecule is CC(C)C(C)(C)C(=O)OCOC1=Nc2cc(OCCCCN3CCN(c4cccc(Cl)c4Cl)CC3)ccc2CC1. The quantitative estimate of drug-likeness (QED) is 0.157. The summed E-state index contributed by atoms with van der Waals surface area (Å²) in [4.78, 5) is 21.8. The summed E-state index contributed by atoms with van der Waals surface area (Å²) in [6.07, 6.45) is 3.56. The maximum absolute atomic E-state index is 12.3. The van der Waals surface area contributed by atoms with E-state index in [-0.39, 0.29) is 18.7 Å². The van der Waals surface area contributed by atoms with Gasteiger partial charge < -0.3 is 19.1 Å². The molecule has 0 saturated carbocycles. The third kappa shape index (κ3) is 7.83. The second kappa shape index (κ2) is 13.9. The van der Waals surface area contributed by atoms with Gasteiger partial charge in [-0.1, -0.05) is 49.2 Å². The molecule has 0 spiro atoms. The van der Waals surface area contributed by atoms with Crippen molar-refractivity contribution in [1.82, 2.24) is 4.90 Å². The Morgan fingerprint density at radius 2 is 1.80 bits per heavy atom. The van der Waals surface area contributed by atoms with Gasteiger partial charge in [-0.05, 0) is 69.3 Å². The van der Waals surface area contributed by atoms with Crippen LogP contribution >= 0.6 is 23.2 Å². The number of halogens is 2. The second-order valence-electron chi connectivity index (χ2n) is 11.3. The lowest BCUT2D eigenvalue weighted by Gasteiger charge is -2.36. The molecule has 2 heterocycles. The van der Waals surface area contributed by atoms with Gasteiger partial charge in [0, 0.05) is 38.7 Å². The van der Waals surface area contributed by atoms with Crippen LogP contribution in [0.3, 0.4) is 0 Å². The number of aryl methyl sites for hydroxylation is 1. The molecule has 0 N–H and O–H groups in total. The van der Waals surface area contributed by atoms with E-state index < -0.39 is 5.41 Å². The molecule has 1 saturated heterocycles. The van der Waals surface area contributed by atoms with Crippen LogP contribution in [0.2, 0.25) is 10.0 Å². The first-order chi connectivity index (χ1) is 19.1. The number of rotatable bonds is 11. The molecule has 1 fully saturated rings. The Kier molecular flexibility index (Phi) is 10.6. The Balaban J connectivity index is 1.16. The van der Waals surface area contributed by atoms with Crippen LogP contribution in [0.5, 0.6) is 5.75 Å². The molecule has 2 aliphatic heterocycles. The van der Waals surface area contributed by atoms with Gasteiger partial charge >= 0.3 is 5.97 Å². The van der Waals surface area contributed by atoms with E-state index in [1.54, 1.807) is 0 Å². The molecule has 0 radical (unpaired) electrons. The fourth-order valence-electron chi connectivity index (χ4n) is 4.63. The Hall–Kier alpha value is -2.48. The zero-order valence-corrected chi connectivity index (χ0v) is 25.6. The Morgan fingerprint density at radius 3 is 2.55 bits per heavy atom. The van der Waals surface area contributed by atoms with Crippen LogP contribution in [0.1, 0.15) is 52.5 Å². The predicted molar refractivity (Wildman–Crippen MR) is 162 cm³/mol. The van der Waals surface area contributed by atoms with E-state index in [0.717, 1.165) is 74.7 Å². The number of hydrogen-bond donors (Lipinski definition) is 0. The number of carbonyl (C=O) groups is 1. The molecule has 2 aliphatic rings. The van der Waals surface area contributed by atoms with Gasteiger partial charge in [-0.15, -0.1) is 0 Å². The Bertz CT molecular complexity index is 1190. The average molecular weight is 591 g/mol. The van der Waals surface area contributed by atoms with Crippen LogP contribution in [-0.2, 0) is 20.7 Å². The smallest absolute Gasteiger partial charge is 0.314 e. The lowest BCUT2D eigenvalue weighted by molar-refractivity contribution is -0.164. The highest BCUT2D eigenvalue weighted by Gasteiger charge is 2.33. The largest absolute Gasteiger partial charge is 0.494 e. The first-order valence-electron chi connectivity index (χ1n) is 14.2. The van der Waals surface area contributed by atoms with E-state index in [4.69, 9.17) is 37.4 Å². The zero-order valence-electron chi connectivity index (χ0n) is 24.1. The number of nitrogens with zero attached hydrogens (tertiary/aromatic N) is 3. The standard InChI is InChI=1S/C31H41Cl2N3O4/c1-22(2)31(3,4)30(37)40-21-39-28-13-11-23-10-12-24(20-26(23)34-28)38-19-6-5-14-35-15-17-36(18-16-35)27-9-7-8-25(32)29(27)33/h7-10,12,20,22H,5-6,11,13-19,21H2,1-4H3. The number of benzene rings is 2. The maximum atomic E-state index is 12.3. The minimum Gasteiger partial charge on any atom is -0.494 e. The van der Waals surface area contributed by atoms with E-state index in [0.29, 0.717) is 29.0 Å². The molecule has 7 nitrogen and oxygen atoms in total. The van der Waals surface area contributed by atoms with Crippen molar-refractivity contribution < 1.29 is 19.0 Å². The Labute approximate surface area is 248 Å². The van der Waals surface area contributed by atoms with E-state index in [1.165, 1.54) is 0 Å². The van der Waals surface area contributed by atoms with Gasteiger partial charge in [-0.2, -0.15) is 0 Å². The summed E-state index contributed by atoms with van der Waals surface area (Å²) in [5, 5.41) is 1.24. The first kappa shape index (κ1) is 30.5. The summed E-state index contributed by atoms with van der Waals surface area (Å²) >= 11 is 12.6. The summed E-state index contributed by atoms with van der Waals surface area (Å²) in [5.41, 5.74) is 2.48. The molecule has 218 valence electrons. The monoisotopic (exact) mass is 589 g/mol. The number of anilines is 1. The maximum Gasteiger partial charge on any atom is 0.314 e. The van der Waals surface area contributed by atoms with Crippen molar-refractivity contribution in [2.45, 2.75) is 53.4 Å². The molecule has 9 heteroatoms. The fraction of sp³-hybridized carbons (Fsp3) is 0.548. The highest BCUT2D eigenvalue weighted by Crippen LogP contribution is 2.33. The van der Waals surface area contributed by atoms with Crippen LogP contribution in [-0.4, -0.2) is 62.9 Å². The topological polar surface area (TPSA) is 63.6 Å². The number of hydrogen-bond acceptors (Lipinski definition) is 7. The number of piperazine rings is 1. The van der Waals surface area contributed by atoms with Crippen LogP contribution in [0.15, 0.2) is 41.4 Å². The predicted octanol–water partition coefficient (Wildman–Crippen LogP) is 7.15. The highest BCUT2D eigenvalue weighted by atomic mass is 35.5. The molecule has 40 heavy (non-hydrogen) atoms. The van der Waals surface area contributed by atoms with Gasteiger partial charge in [0.2, 0.25) is 6.79 Å². The van der Waals surface area contributed by atoms with Gasteiger partial charge in [0.1, 0.15) is 5.75 Å². The van der Waals surface area contributed by atoms with E-state index in [1.807, 2.05) is 58.0 Å². The van der Waals surface area contributed by atoms with Gasteiger partial charge in [0.25, 0.3) is 0 Å². The van der Waals surface area contributed by atoms with Crippen molar-refractivity contribution in [2.24, 2.45) is 16.3 Å². The molecular formula is C31H41Cl2N3O4. The third-order valence-electron chi connectivity index (χ3n) is 8.08. The highest BCUT2D eigenvalue weighted by molar-refractivity contribution is 6.43. The molecule has 0 aliphatic carbocycles. The molecule has 0 bridgehead atoms. The van der Waals surface area contributed by atoms with Crippen molar-refractivity contribution in [2.75, 3.05) is 51.0 Å². The molecular weight excluding hydrogens is 549 g/mol. The fourth-order valence-corrected chi connectivity index (χ4v) is 5.05. The summed E-state index contributed by atoms with van der Waals surface area (Å²) in [7, 11) is 0. The Morgan fingerprint density at radius 1 is 1.02 bits per heavy atom. The molecule has 0 atom stereocenters. The lowest BCUT2D eigenvalue weighted by atomic mass is 9.81. The van der Waals surface area contributed by atoms with E-state index in [9.17, 15) is 4.79 Å². The number of carbonyl (C=O) groups excluding carboxylic acids is 1. The van der Waals surface area contributed by atoms with Crippen LogP contribution in [0.25, 0.3) is 0 Å². The van der Waals surface area contributed by atoms with Gasteiger partial charge in [0.15, 0.2) is 5.90 Å². The van der Waals surface area contributed by atoms with E-state index >= 15 is 0 Å².